The monoisotopic (exact) mass is 256 g/mol. The molecule has 1 heterocycles. The van der Waals surface area contributed by atoms with Crippen molar-refractivity contribution in [3.8, 4) is 5.75 Å². The highest BCUT2D eigenvalue weighted by atomic mass is 16.5. The van der Waals surface area contributed by atoms with E-state index in [9.17, 15) is 0 Å². The summed E-state index contributed by atoms with van der Waals surface area (Å²) in [5.41, 5.74) is 2.32. The van der Waals surface area contributed by atoms with Crippen LogP contribution in [0.2, 0.25) is 0 Å². The molecule has 0 aliphatic rings. The van der Waals surface area contributed by atoms with Crippen molar-refractivity contribution in [3.63, 3.8) is 0 Å². The van der Waals surface area contributed by atoms with Gasteiger partial charge in [-0.05, 0) is 37.9 Å². The van der Waals surface area contributed by atoms with Crippen molar-refractivity contribution in [3.05, 3.63) is 36.0 Å². The molecule has 0 bridgehead atoms. The third-order valence-corrected chi connectivity index (χ3v) is 2.97. The number of aliphatic imine (C=N–C) groups is 1. The van der Waals surface area contributed by atoms with Gasteiger partial charge >= 0.3 is 0 Å². The number of ether oxygens (including phenoxy) is 2. The number of aromatic nitrogens is 1. The van der Waals surface area contributed by atoms with Crippen molar-refractivity contribution in [2.75, 3.05) is 14.2 Å². The topological polar surface area (TPSA) is 43.7 Å². The molecule has 0 fully saturated rings. The van der Waals surface area contributed by atoms with Crippen LogP contribution >= 0.6 is 0 Å². The van der Waals surface area contributed by atoms with Crippen LogP contribution in [0.25, 0.3) is 16.7 Å². The molecule has 0 unspecified atom stereocenters. The zero-order chi connectivity index (χ0) is 13.8. The third kappa shape index (κ3) is 2.17. The van der Waals surface area contributed by atoms with Gasteiger partial charge in [0.15, 0.2) is 0 Å². The Labute approximate surface area is 112 Å². The highest BCUT2D eigenvalue weighted by molar-refractivity contribution is 5.98. The molecule has 0 saturated carbocycles. The predicted octanol–water partition coefficient (Wildman–Crippen LogP) is 3.58. The summed E-state index contributed by atoms with van der Waals surface area (Å²) in [5, 5.41) is 0.905. The number of methoxy groups -OCH3 is 2. The normalized spacial score (nSPS) is 11.4. The molecule has 0 amide bonds. The number of nitrogens with zero attached hydrogens (tertiary/aromatic N) is 2. The second kappa shape index (κ2) is 5.52. The molecule has 0 aliphatic carbocycles. The van der Waals surface area contributed by atoms with Crippen LogP contribution in [0.4, 0.5) is 5.69 Å². The molecule has 0 atom stereocenters. The van der Waals surface area contributed by atoms with Gasteiger partial charge in [0.2, 0.25) is 0 Å². The lowest BCUT2D eigenvalue weighted by atomic mass is 10.1. The number of benzene rings is 1. The fraction of sp³-hybridized carbons (Fsp3) is 0.200. The number of pyridine rings is 1. The van der Waals surface area contributed by atoms with Crippen LogP contribution in [-0.4, -0.2) is 25.9 Å². The first kappa shape index (κ1) is 13.1. The first-order valence-corrected chi connectivity index (χ1v) is 5.90. The predicted molar refractivity (Wildman–Crippen MR) is 78.2 cm³/mol. The summed E-state index contributed by atoms with van der Waals surface area (Å²) in [4.78, 5) is 8.48. The Balaban J connectivity index is 2.81. The zero-order valence-electron chi connectivity index (χ0n) is 11.3. The Morgan fingerprint density at radius 1 is 1.32 bits per heavy atom. The lowest BCUT2D eigenvalue weighted by Crippen LogP contribution is -1.92. The summed E-state index contributed by atoms with van der Waals surface area (Å²) in [5.74, 6) is 1.51. The van der Waals surface area contributed by atoms with Crippen LogP contribution in [-0.2, 0) is 4.74 Å². The van der Waals surface area contributed by atoms with Gasteiger partial charge < -0.3 is 9.47 Å². The molecule has 0 aliphatic heterocycles. The van der Waals surface area contributed by atoms with Gasteiger partial charge in [0.05, 0.1) is 19.9 Å². The number of rotatable bonds is 4. The first-order chi connectivity index (χ1) is 9.26. The summed E-state index contributed by atoms with van der Waals surface area (Å²) in [6, 6.07) is 5.71. The minimum absolute atomic E-state index is 0.700. The molecule has 4 heteroatoms. The first-order valence-electron chi connectivity index (χ1n) is 5.90. The Morgan fingerprint density at radius 3 is 2.68 bits per heavy atom. The van der Waals surface area contributed by atoms with Gasteiger partial charge in [0.1, 0.15) is 17.0 Å². The maximum atomic E-state index is 5.35. The molecule has 1 aromatic carbocycles. The van der Waals surface area contributed by atoms with Gasteiger partial charge in [-0.1, -0.05) is 0 Å². The van der Waals surface area contributed by atoms with Crippen molar-refractivity contribution in [1.29, 1.82) is 0 Å². The molecule has 2 rings (SSSR count). The lowest BCUT2D eigenvalue weighted by molar-refractivity contribution is 0.369. The van der Waals surface area contributed by atoms with Crippen LogP contribution < -0.4 is 4.74 Å². The quantitative estimate of drug-likeness (QED) is 0.620. The van der Waals surface area contributed by atoms with E-state index in [-0.39, 0.29) is 0 Å². The molecule has 0 saturated heterocycles. The van der Waals surface area contributed by atoms with E-state index in [2.05, 4.69) is 16.7 Å². The maximum Gasteiger partial charge on any atom is 0.129 e. The molecule has 4 nitrogen and oxygen atoms in total. The van der Waals surface area contributed by atoms with Gasteiger partial charge in [0, 0.05) is 17.1 Å². The van der Waals surface area contributed by atoms with Gasteiger partial charge in [-0.15, -0.1) is 0 Å². The van der Waals surface area contributed by atoms with E-state index >= 15 is 0 Å². The van der Waals surface area contributed by atoms with E-state index in [1.54, 1.807) is 20.4 Å². The maximum absolute atomic E-state index is 5.35. The molecule has 2 aromatic rings. The Hall–Kier alpha value is -2.36. The van der Waals surface area contributed by atoms with Crippen LogP contribution in [0, 0.1) is 0 Å². The SMILES string of the molecule is C=Nc1c(/C(=C\C)OC)ccc2c(OC)ccnc12. The van der Waals surface area contributed by atoms with Crippen molar-refractivity contribution in [2.24, 2.45) is 4.99 Å². The summed E-state index contributed by atoms with van der Waals surface area (Å²) in [7, 11) is 3.27. The van der Waals surface area contributed by atoms with Crippen molar-refractivity contribution in [1.82, 2.24) is 4.98 Å². The highest BCUT2D eigenvalue weighted by Crippen LogP contribution is 2.36. The molecule has 0 N–H and O–H groups in total. The van der Waals surface area contributed by atoms with E-state index in [1.807, 2.05) is 31.2 Å². The van der Waals surface area contributed by atoms with Crippen LogP contribution in [0.3, 0.4) is 0 Å². The zero-order valence-corrected chi connectivity index (χ0v) is 11.3. The van der Waals surface area contributed by atoms with Crippen molar-refractivity contribution >= 4 is 29.1 Å². The summed E-state index contributed by atoms with van der Waals surface area (Å²) in [6.45, 7) is 5.55. The third-order valence-electron chi connectivity index (χ3n) is 2.97. The van der Waals surface area contributed by atoms with Gasteiger partial charge in [-0.25, -0.2) is 0 Å². The molecule has 1 aromatic heterocycles. The van der Waals surface area contributed by atoms with Gasteiger partial charge in [-0.2, -0.15) is 0 Å². The standard InChI is InChI=1S/C15H16N2O2/c1-5-12(18-3)10-6-7-11-13(19-4)8-9-17-15(11)14(10)16-2/h5-9H,2H2,1,3-4H3/b12-5+. The smallest absolute Gasteiger partial charge is 0.129 e. The Morgan fingerprint density at radius 2 is 2.11 bits per heavy atom. The molecular formula is C15H16N2O2. The highest BCUT2D eigenvalue weighted by Gasteiger charge is 2.13. The molecule has 19 heavy (non-hydrogen) atoms. The number of hydrogen-bond donors (Lipinski definition) is 0. The summed E-state index contributed by atoms with van der Waals surface area (Å²) < 4.78 is 10.7. The van der Waals surface area contributed by atoms with Crippen molar-refractivity contribution < 1.29 is 9.47 Å². The van der Waals surface area contributed by atoms with Crippen LogP contribution in [0.5, 0.6) is 5.75 Å². The van der Waals surface area contributed by atoms with Crippen molar-refractivity contribution in [2.45, 2.75) is 6.92 Å². The fourth-order valence-electron chi connectivity index (χ4n) is 2.10. The van der Waals surface area contributed by atoms with Gasteiger partial charge in [-0.3, -0.25) is 9.98 Å². The minimum Gasteiger partial charge on any atom is -0.496 e. The van der Waals surface area contributed by atoms with E-state index in [1.165, 1.54) is 0 Å². The minimum atomic E-state index is 0.700. The number of allylic oxidation sites excluding steroid dienone is 1. The molecule has 0 radical (unpaired) electrons. The second-order valence-corrected chi connectivity index (χ2v) is 3.89. The second-order valence-electron chi connectivity index (χ2n) is 3.89. The van der Waals surface area contributed by atoms with Crippen LogP contribution in [0.1, 0.15) is 12.5 Å². The lowest BCUT2D eigenvalue weighted by Gasteiger charge is -2.12. The molecule has 0 spiro atoms. The molecule has 98 valence electrons. The summed E-state index contributed by atoms with van der Waals surface area (Å²) >= 11 is 0. The van der Waals surface area contributed by atoms with E-state index in [4.69, 9.17) is 9.47 Å². The largest absolute Gasteiger partial charge is 0.496 e. The van der Waals surface area contributed by atoms with E-state index < -0.39 is 0 Å². The summed E-state index contributed by atoms with van der Waals surface area (Å²) in [6.07, 6.45) is 3.58. The fourth-order valence-corrected chi connectivity index (χ4v) is 2.10. The average Bonchev–Trinajstić information content (AvgIpc) is 2.47. The Bertz CT molecular complexity index is 648. The Kier molecular flexibility index (Phi) is 3.80. The molecular weight excluding hydrogens is 240 g/mol. The van der Waals surface area contributed by atoms with Gasteiger partial charge in [0.25, 0.3) is 0 Å². The van der Waals surface area contributed by atoms with Crippen LogP contribution in [0.15, 0.2) is 35.5 Å². The van der Waals surface area contributed by atoms with E-state index in [0.717, 1.165) is 28.0 Å². The average molecular weight is 256 g/mol. The number of fused-ring (bicyclic) bond motifs is 1. The van der Waals surface area contributed by atoms with E-state index in [0.29, 0.717) is 5.69 Å². The number of hydrogen-bond acceptors (Lipinski definition) is 4.